The van der Waals surface area contributed by atoms with Crippen LogP contribution in [-0.4, -0.2) is 34.0 Å². The predicted octanol–water partition coefficient (Wildman–Crippen LogP) is 2.28. The SMILES string of the molecule is CC(C)(C)N(CC(=O)O)C(=O)C=Cc1ccc(C#N)cc1. The van der Waals surface area contributed by atoms with Crippen LogP contribution in [0.4, 0.5) is 0 Å². The van der Waals surface area contributed by atoms with Crippen molar-refractivity contribution in [1.29, 1.82) is 5.26 Å². The maximum absolute atomic E-state index is 12.1. The van der Waals surface area contributed by atoms with Gasteiger partial charge in [-0.3, -0.25) is 9.59 Å². The van der Waals surface area contributed by atoms with Crippen LogP contribution < -0.4 is 0 Å². The second-order valence-corrected chi connectivity index (χ2v) is 5.56. The number of aliphatic carboxylic acids is 1. The van der Waals surface area contributed by atoms with Crippen LogP contribution in [0.5, 0.6) is 0 Å². The van der Waals surface area contributed by atoms with E-state index in [9.17, 15) is 9.59 Å². The van der Waals surface area contributed by atoms with Gasteiger partial charge >= 0.3 is 5.97 Å². The van der Waals surface area contributed by atoms with Gasteiger partial charge in [-0.2, -0.15) is 5.26 Å². The number of benzene rings is 1. The highest BCUT2D eigenvalue weighted by atomic mass is 16.4. The number of rotatable bonds is 4. The molecule has 0 unspecified atom stereocenters. The van der Waals surface area contributed by atoms with Gasteiger partial charge in [0, 0.05) is 11.6 Å². The second kappa shape index (κ2) is 6.71. The number of carbonyl (C=O) groups is 2. The summed E-state index contributed by atoms with van der Waals surface area (Å²) in [5.41, 5.74) is 0.733. The largest absolute Gasteiger partial charge is 0.480 e. The molecule has 0 bridgehead atoms. The topological polar surface area (TPSA) is 81.4 Å². The fourth-order valence-corrected chi connectivity index (χ4v) is 1.71. The highest BCUT2D eigenvalue weighted by Gasteiger charge is 2.26. The van der Waals surface area contributed by atoms with Gasteiger partial charge in [0.05, 0.1) is 11.6 Å². The van der Waals surface area contributed by atoms with Crippen molar-refractivity contribution < 1.29 is 14.7 Å². The molecule has 0 spiro atoms. The number of carboxylic acid groups (broad SMARTS) is 1. The Labute approximate surface area is 124 Å². The van der Waals surface area contributed by atoms with E-state index in [1.807, 2.05) is 6.07 Å². The summed E-state index contributed by atoms with van der Waals surface area (Å²) in [5.74, 6) is -1.42. The van der Waals surface area contributed by atoms with Crippen molar-refractivity contribution in [2.24, 2.45) is 0 Å². The molecule has 0 fully saturated rings. The van der Waals surface area contributed by atoms with Crippen LogP contribution >= 0.6 is 0 Å². The highest BCUT2D eigenvalue weighted by molar-refractivity contribution is 5.94. The lowest BCUT2D eigenvalue weighted by Crippen LogP contribution is -2.47. The Kier molecular flexibility index (Phi) is 5.25. The third kappa shape index (κ3) is 5.11. The third-order valence-electron chi connectivity index (χ3n) is 2.83. The molecule has 0 aromatic heterocycles. The summed E-state index contributed by atoms with van der Waals surface area (Å²) < 4.78 is 0. The van der Waals surface area contributed by atoms with Gasteiger partial charge in [0.2, 0.25) is 5.91 Å². The first-order chi connectivity index (χ1) is 9.74. The Morgan fingerprint density at radius 1 is 1.29 bits per heavy atom. The lowest BCUT2D eigenvalue weighted by atomic mass is 10.1. The molecule has 1 aromatic carbocycles. The first kappa shape index (κ1) is 16.4. The average Bonchev–Trinajstić information content (AvgIpc) is 2.41. The van der Waals surface area contributed by atoms with Gasteiger partial charge in [0.15, 0.2) is 0 Å². The summed E-state index contributed by atoms with van der Waals surface area (Å²) in [6.45, 7) is 5.00. The molecule has 5 heteroatoms. The zero-order valence-electron chi connectivity index (χ0n) is 12.3. The van der Waals surface area contributed by atoms with Crippen LogP contribution in [0.1, 0.15) is 31.9 Å². The molecule has 5 nitrogen and oxygen atoms in total. The first-order valence-corrected chi connectivity index (χ1v) is 6.45. The molecular formula is C16H18N2O3. The molecule has 1 rings (SSSR count). The zero-order valence-corrected chi connectivity index (χ0v) is 12.3. The molecular weight excluding hydrogens is 268 g/mol. The zero-order chi connectivity index (χ0) is 16.0. The number of hydrogen-bond donors (Lipinski definition) is 1. The molecule has 0 saturated carbocycles. The van der Waals surface area contributed by atoms with Crippen molar-refractivity contribution in [2.45, 2.75) is 26.3 Å². The quantitative estimate of drug-likeness (QED) is 0.861. The molecule has 110 valence electrons. The molecule has 0 aliphatic heterocycles. The van der Waals surface area contributed by atoms with Crippen molar-refractivity contribution in [1.82, 2.24) is 4.90 Å². The molecule has 0 saturated heterocycles. The van der Waals surface area contributed by atoms with E-state index in [-0.39, 0.29) is 12.5 Å². The van der Waals surface area contributed by atoms with Crippen LogP contribution in [0.2, 0.25) is 0 Å². The summed E-state index contributed by atoms with van der Waals surface area (Å²) >= 11 is 0. The normalized spacial score (nSPS) is 11.1. The van der Waals surface area contributed by atoms with E-state index in [1.165, 1.54) is 11.0 Å². The van der Waals surface area contributed by atoms with Crippen LogP contribution in [0.25, 0.3) is 6.08 Å². The van der Waals surface area contributed by atoms with Crippen LogP contribution in [0.3, 0.4) is 0 Å². The Bertz CT molecular complexity index is 589. The van der Waals surface area contributed by atoms with Gasteiger partial charge in [0.1, 0.15) is 6.54 Å². The third-order valence-corrected chi connectivity index (χ3v) is 2.83. The van der Waals surface area contributed by atoms with E-state index >= 15 is 0 Å². The Hall–Kier alpha value is -2.61. The first-order valence-electron chi connectivity index (χ1n) is 6.45. The number of amides is 1. The van der Waals surface area contributed by atoms with Crippen molar-refractivity contribution >= 4 is 18.0 Å². The van der Waals surface area contributed by atoms with Crippen LogP contribution in [-0.2, 0) is 9.59 Å². The van der Waals surface area contributed by atoms with Gasteiger partial charge in [0.25, 0.3) is 0 Å². The molecule has 0 heterocycles. The van der Waals surface area contributed by atoms with E-state index in [0.29, 0.717) is 5.56 Å². The molecule has 0 radical (unpaired) electrons. The Morgan fingerprint density at radius 2 is 1.86 bits per heavy atom. The molecule has 0 atom stereocenters. The van der Waals surface area contributed by atoms with Gasteiger partial charge in [-0.25, -0.2) is 0 Å². The minimum atomic E-state index is -1.05. The molecule has 21 heavy (non-hydrogen) atoms. The highest BCUT2D eigenvalue weighted by Crippen LogP contribution is 2.14. The fraction of sp³-hybridized carbons (Fsp3) is 0.312. The average molecular weight is 286 g/mol. The summed E-state index contributed by atoms with van der Waals surface area (Å²) in [4.78, 5) is 24.3. The molecule has 1 amide bonds. The maximum atomic E-state index is 12.1. The van der Waals surface area contributed by atoms with Crippen LogP contribution in [0.15, 0.2) is 30.3 Å². The number of carbonyl (C=O) groups excluding carboxylic acids is 1. The van der Waals surface area contributed by atoms with Gasteiger partial charge < -0.3 is 10.0 Å². The number of carboxylic acids is 1. The van der Waals surface area contributed by atoms with E-state index in [2.05, 4.69) is 0 Å². The number of nitriles is 1. The monoisotopic (exact) mass is 286 g/mol. The number of hydrogen-bond acceptors (Lipinski definition) is 3. The second-order valence-electron chi connectivity index (χ2n) is 5.56. The Balaban J connectivity index is 2.87. The van der Waals surface area contributed by atoms with Gasteiger partial charge in [-0.05, 0) is 44.5 Å². The van der Waals surface area contributed by atoms with E-state index in [1.54, 1.807) is 51.1 Å². The predicted molar refractivity (Wildman–Crippen MR) is 79.3 cm³/mol. The van der Waals surface area contributed by atoms with Crippen LogP contribution in [0, 0.1) is 11.3 Å². The van der Waals surface area contributed by atoms with Crippen molar-refractivity contribution in [3.8, 4) is 6.07 Å². The molecule has 0 aliphatic carbocycles. The molecule has 1 N–H and O–H groups in total. The maximum Gasteiger partial charge on any atom is 0.323 e. The number of nitrogens with zero attached hydrogens (tertiary/aromatic N) is 2. The molecule has 1 aromatic rings. The minimum absolute atomic E-state index is 0.347. The Morgan fingerprint density at radius 3 is 2.29 bits per heavy atom. The van der Waals surface area contributed by atoms with Crippen molar-refractivity contribution in [2.75, 3.05) is 6.54 Å². The van der Waals surface area contributed by atoms with E-state index in [4.69, 9.17) is 10.4 Å². The standard InChI is InChI=1S/C16H18N2O3/c1-16(2,3)18(11-15(20)21)14(19)9-8-12-4-6-13(10-17)7-5-12/h4-9H,11H2,1-3H3,(H,20,21). The summed E-state index contributed by atoms with van der Waals surface area (Å²) in [5, 5.41) is 17.6. The summed E-state index contributed by atoms with van der Waals surface area (Å²) in [6, 6.07) is 8.77. The van der Waals surface area contributed by atoms with E-state index < -0.39 is 11.5 Å². The summed E-state index contributed by atoms with van der Waals surface area (Å²) in [6.07, 6.45) is 2.94. The van der Waals surface area contributed by atoms with E-state index in [0.717, 1.165) is 5.56 Å². The lowest BCUT2D eigenvalue weighted by Gasteiger charge is -2.33. The van der Waals surface area contributed by atoms with Crippen molar-refractivity contribution in [3.05, 3.63) is 41.5 Å². The molecule has 0 aliphatic rings. The van der Waals surface area contributed by atoms with Gasteiger partial charge in [-0.15, -0.1) is 0 Å². The minimum Gasteiger partial charge on any atom is -0.480 e. The summed E-state index contributed by atoms with van der Waals surface area (Å²) in [7, 11) is 0. The van der Waals surface area contributed by atoms with Gasteiger partial charge in [-0.1, -0.05) is 12.1 Å². The van der Waals surface area contributed by atoms with Crippen molar-refractivity contribution in [3.63, 3.8) is 0 Å². The lowest BCUT2D eigenvalue weighted by molar-refractivity contribution is -0.145. The smallest absolute Gasteiger partial charge is 0.323 e. The fourth-order valence-electron chi connectivity index (χ4n) is 1.71.